The van der Waals surface area contributed by atoms with Crippen molar-refractivity contribution in [1.82, 2.24) is 19.5 Å². The third kappa shape index (κ3) is 4.33. The van der Waals surface area contributed by atoms with E-state index in [1.807, 2.05) is 0 Å². The van der Waals surface area contributed by atoms with Gasteiger partial charge in [-0.25, -0.2) is 9.97 Å². The van der Waals surface area contributed by atoms with Gasteiger partial charge in [0.15, 0.2) is 11.3 Å². The molecule has 0 spiro atoms. The van der Waals surface area contributed by atoms with Crippen molar-refractivity contribution in [1.29, 1.82) is 0 Å². The summed E-state index contributed by atoms with van der Waals surface area (Å²) in [6.07, 6.45) is 0.00131. The highest BCUT2D eigenvalue weighted by Crippen LogP contribution is 2.46. The number of fused-ring (bicyclic) bond motifs is 1. The second kappa shape index (κ2) is 9.75. The van der Waals surface area contributed by atoms with Crippen molar-refractivity contribution in [2.75, 3.05) is 7.11 Å². The summed E-state index contributed by atoms with van der Waals surface area (Å²) < 4.78 is 50.4. The van der Waals surface area contributed by atoms with Crippen molar-refractivity contribution >= 4 is 33.5 Å². The van der Waals surface area contributed by atoms with E-state index in [0.717, 1.165) is 0 Å². The quantitative estimate of drug-likeness (QED) is 0.182. The van der Waals surface area contributed by atoms with E-state index in [1.165, 1.54) is 13.2 Å². The van der Waals surface area contributed by atoms with Crippen LogP contribution >= 0.6 is 22.6 Å². The largest absolute Gasteiger partial charge is 0.495 e. The first kappa shape index (κ1) is 25.2. The van der Waals surface area contributed by atoms with Crippen LogP contribution < -0.4 is 4.74 Å². The third-order valence-electron chi connectivity index (χ3n) is 6.14. The zero-order valence-electron chi connectivity index (χ0n) is 19.4. The zero-order valence-corrected chi connectivity index (χ0v) is 21.6. The number of imidazole rings is 1. The molecule has 0 radical (unpaired) electrons. The predicted molar refractivity (Wildman–Crippen MR) is 141 cm³/mol. The molecule has 1 unspecified atom stereocenters. The molecule has 0 saturated heterocycles. The average molecular weight is 616 g/mol. The number of ether oxygens (including phenoxy) is 1. The molecular formula is C27H20F3IN4O2. The van der Waals surface area contributed by atoms with Crippen molar-refractivity contribution in [2.45, 2.75) is 16.3 Å². The first-order valence-electron chi connectivity index (χ1n) is 11.1. The van der Waals surface area contributed by atoms with Gasteiger partial charge in [-0.2, -0.15) is 13.2 Å². The fraction of sp³-hybridized carbons (Fsp3) is 0.148. The Hall–Kier alpha value is -3.51. The number of alkyl halides is 4. The fourth-order valence-corrected chi connectivity index (χ4v) is 5.01. The minimum Gasteiger partial charge on any atom is -0.495 e. The van der Waals surface area contributed by atoms with Gasteiger partial charge >= 0.3 is 6.18 Å². The number of aliphatic hydroxyl groups is 1. The summed E-state index contributed by atoms with van der Waals surface area (Å²) in [7, 11) is 1.32. The first-order chi connectivity index (χ1) is 17.8. The van der Waals surface area contributed by atoms with Crippen molar-refractivity contribution < 1.29 is 23.0 Å². The third-order valence-corrected chi connectivity index (χ3v) is 6.87. The molecule has 0 saturated carbocycles. The highest BCUT2D eigenvalue weighted by atomic mass is 127. The standard InChI is InChI=1S/C27H20F3IN4O2/c1-37-24-19-13-18(26(36,21-9-5-6-12-33-21)22-14-32-16-35(22)15-31)10-11-20(19)34-25(27(28,29)30)23(24)17-7-3-2-4-8-17/h2-14,16,36H,15H2,1H3. The molecule has 2 aromatic carbocycles. The van der Waals surface area contributed by atoms with Crippen molar-refractivity contribution in [3.63, 3.8) is 0 Å². The van der Waals surface area contributed by atoms with Crippen molar-refractivity contribution in [3.8, 4) is 16.9 Å². The van der Waals surface area contributed by atoms with E-state index >= 15 is 0 Å². The highest BCUT2D eigenvalue weighted by molar-refractivity contribution is 14.1. The van der Waals surface area contributed by atoms with Crippen molar-refractivity contribution in [2.24, 2.45) is 0 Å². The smallest absolute Gasteiger partial charge is 0.434 e. The Morgan fingerprint density at radius 2 is 1.78 bits per heavy atom. The maximum atomic E-state index is 14.2. The Bertz CT molecular complexity index is 1560. The normalized spacial score (nSPS) is 13.5. The van der Waals surface area contributed by atoms with Crippen LogP contribution in [0.25, 0.3) is 22.0 Å². The molecule has 1 N–H and O–H groups in total. The van der Waals surface area contributed by atoms with Crippen LogP contribution in [0.1, 0.15) is 22.6 Å². The second-order valence-corrected chi connectivity index (χ2v) is 8.94. The van der Waals surface area contributed by atoms with E-state index in [0.29, 0.717) is 32.5 Å². The molecule has 10 heteroatoms. The number of hydrogen-bond donors (Lipinski definition) is 1. The number of benzene rings is 2. The second-order valence-electron chi connectivity index (χ2n) is 8.26. The van der Waals surface area contributed by atoms with E-state index in [1.54, 1.807) is 84.0 Å². The monoisotopic (exact) mass is 616 g/mol. The lowest BCUT2D eigenvalue weighted by Crippen LogP contribution is -2.32. The van der Waals surface area contributed by atoms with Gasteiger partial charge in [0.1, 0.15) is 5.75 Å². The lowest BCUT2D eigenvalue weighted by atomic mass is 9.85. The molecule has 5 rings (SSSR count). The number of methoxy groups -OCH3 is 1. The van der Waals surface area contributed by atoms with Crippen LogP contribution in [0.2, 0.25) is 0 Å². The van der Waals surface area contributed by atoms with Crippen LogP contribution in [0.5, 0.6) is 5.75 Å². The van der Waals surface area contributed by atoms with Gasteiger partial charge in [0.2, 0.25) is 0 Å². The van der Waals surface area contributed by atoms with E-state index in [2.05, 4.69) is 37.5 Å². The summed E-state index contributed by atoms with van der Waals surface area (Å²) in [6.45, 7) is 0. The van der Waals surface area contributed by atoms with Crippen molar-refractivity contribution in [3.05, 3.63) is 108 Å². The predicted octanol–water partition coefficient (Wildman–Crippen LogP) is 6.20. The molecule has 5 aromatic rings. The molecule has 0 fully saturated rings. The minimum atomic E-state index is -4.72. The van der Waals surface area contributed by atoms with Gasteiger partial charge in [0.05, 0.1) is 46.7 Å². The number of halogens is 4. The van der Waals surface area contributed by atoms with Gasteiger partial charge in [0, 0.05) is 11.6 Å². The van der Waals surface area contributed by atoms with Crippen LogP contribution in [-0.2, 0) is 16.3 Å². The number of hydrogen-bond acceptors (Lipinski definition) is 5. The lowest BCUT2D eigenvalue weighted by molar-refractivity contribution is -0.140. The molecule has 0 aliphatic carbocycles. The Morgan fingerprint density at radius 3 is 2.43 bits per heavy atom. The van der Waals surface area contributed by atoms with Gasteiger partial charge in [-0.05, 0) is 35.4 Å². The Balaban J connectivity index is 1.85. The Morgan fingerprint density at radius 1 is 1.03 bits per heavy atom. The number of nitrogens with zero attached hydrogens (tertiary/aromatic N) is 4. The summed E-state index contributed by atoms with van der Waals surface area (Å²) in [6, 6.07) is 18.0. The van der Waals surface area contributed by atoms with Crippen LogP contribution in [0, 0.1) is 0 Å². The summed E-state index contributed by atoms with van der Waals surface area (Å²) in [4.78, 5) is 12.6. The van der Waals surface area contributed by atoms with E-state index < -0.39 is 17.5 Å². The average Bonchev–Trinajstić information content (AvgIpc) is 3.41. The minimum absolute atomic E-state index is 0.0103. The molecule has 0 aliphatic heterocycles. The lowest BCUT2D eigenvalue weighted by Gasteiger charge is -2.29. The highest BCUT2D eigenvalue weighted by Gasteiger charge is 2.41. The molecule has 37 heavy (non-hydrogen) atoms. The molecule has 0 bridgehead atoms. The van der Waals surface area contributed by atoms with E-state index in [-0.39, 0.29) is 16.8 Å². The Kier molecular flexibility index (Phi) is 6.63. The molecule has 1 atom stereocenters. The van der Waals surface area contributed by atoms with Crippen LogP contribution in [0.4, 0.5) is 13.2 Å². The summed E-state index contributed by atoms with van der Waals surface area (Å²) >= 11 is 2.16. The van der Waals surface area contributed by atoms with Gasteiger partial charge in [0.25, 0.3) is 0 Å². The van der Waals surface area contributed by atoms with Gasteiger partial charge in [-0.1, -0.05) is 65.1 Å². The molecular weight excluding hydrogens is 596 g/mol. The van der Waals surface area contributed by atoms with Gasteiger partial charge in [-0.3, -0.25) is 4.98 Å². The molecule has 3 heterocycles. The molecule has 3 aromatic heterocycles. The fourth-order valence-electron chi connectivity index (χ4n) is 4.47. The number of aromatic nitrogens is 4. The van der Waals surface area contributed by atoms with Crippen LogP contribution in [-0.4, -0.2) is 31.7 Å². The van der Waals surface area contributed by atoms with Crippen LogP contribution in [0.3, 0.4) is 0 Å². The molecule has 188 valence electrons. The maximum absolute atomic E-state index is 14.2. The SMILES string of the molecule is COc1c(-c2ccccc2)c(C(F)(F)F)nc2ccc(C(O)(c3ccccn3)c3cncn3CI)cc12. The molecule has 0 amide bonds. The molecule has 6 nitrogen and oxygen atoms in total. The number of pyridine rings is 2. The summed E-state index contributed by atoms with van der Waals surface area (Å²) in [5.74, 6) is 0.0103. The van der Waals surface area contributed by atoms with Crippen LogP contribution in [0.15, 0.2) is 85.5 Å². The summed E-state index contributed by atoms with van der Waals surface area (Å²) in [5, 5.41) is 12.6. The topological polar surface area (TPSA) is 73.1 Å². The number of rotatable bonds is 6. The van der Waals surface area contributed by atoms with Gasteiger partial charge in [-0.15, -0.1) is 0 Å². The maximum Gasteiger partial charge on any atom is 0.434 e. The van der Waals surface area contributed by atoms with E-state index in [4.69, 9.17) is 4.74 Å². The summed E-state index contributed by atoms with van der Waals surface area (Å²) in [5.41, 5.74) is -1.39. The van der Waals surface area contributed by atoms with E-state index in [9.17, 15) is 18.3 Å². The molecule has 0 aliphatic rings. The Labute approximate surface area is 223 Å². The van der Waals surface area contributed by atoms with Gasteiger partial charge < -0.3 is 14.4 Å². The zero-order chi connectivity index (χ0) is 26.2. The first-order valence-corrected chi connectivity index (χ1v) is 12.7.